The molecule has 1 aromatic carbocycles. The Morgan fingerprint density at radius 2 is 1.92 bits per heavy atom. The molecule has 7 nitrogen and oxygen atoms in total. The van der Waals surface area contributed by atoms with Crippen molar-refractivity contribution in [2.75, 3.05) is 0 Å². The van der Waals surface area contributed by atoms with Crippen LogP contribution in [0.3, 0.4) is 0 Å². The third-order valence-electron chi connectivity index (χ3n) is 4.45. The Bertz CT molecular complexity index is 684. The van der Waals surface area contributed by atoms with Gasteiger partial charge < -0.3 is 9.64 Å². The van der Waals surface area contributed by atoms with E-state index in [4.69, 9.17) is 16.3 Å². The number of rotatable bonds is 4. The van der Waals surface area contributed by atoms with Gasteiger partial charge >= 0.3 is 5.97 Å². The number of nitrogens with zero attached hydrogens (tertiary/aromatic N) is 2. The molecule has 0 spiro atoms. The molecule has 1 saturated heterocycles. The van der Waals surface area contributed by atoms with Crippen LogP contribution in [0.2, 0.25) is 5.02 Å². The molecular weight excluding hydrogens is 348 g/mol. The van der Waals surface area contributed by atoms with E-state index < -0.39 is 22.7 Å². The summed E-state index contributed by atoms with van der Waals surface area (Å²) in [6, 6.07) is 3.77. The maximum Gasteiger partial charge on any atom is 0.345 e. The van der Waals surface area contributed by atoms with Gasteiger partial charge in [-0.15, -0.1) is 0 Å². The van der Waals surface area contributed by atoms with Crippen molar-refractivity contribution < 1.29 is 19.2 Å². The summed E-state index contributed by atoms with van der Waals surface area (Å²) in [5.41, 5.74) is -0.675. The molecule has 0 saturated carbocycles. The lowest BCUT2D eigenvalue weighted by Gasteiger charge is -2.40. The van der Waals surface area contributed by atoms with E-state index in [-0.39, 0.29) is 28.6 Å². The zero-order valence-electron chi connectivity index (χ0n) is 14.4. The number of carbonyl (C=O) groups is 2. The second-order valence-corrected chi connectivity index (χ2v) is 6.78. The lowest BCUT2D eigenvalue weighted by atomic mass is 9.97. The van der Waals surface area contributed by atoms with Gasteiger partial charge in [-0.25, -0.2) is 4.79 Å². The average Bonchev–Trinajstić information content (AvgIpc) is 2.53. The number of nitro benzene ring substituents is 1. The molecule has 8 heteroatoms. The first-order valence-corrected chi connectivity index (χ1v) is 8.57. The monoisotopic (exact) mass is 368 g/mol. The molecule has 0 aliphatic carbocycles. The molecule has 1 heterocycles. The zero-order valence-corrected chi connectivity index (χ0v) is 15.2. The summed E-state index contributed by atoms with van der Waals surface area (Å²) < 4.78 is 5.20. The van der Waals surface area contributed by atoms with Crippen molar-refractivity contribution in [3.8, 4) is 0 Å². The predicted octanol–water partition coefficient (Wildman–Crippen LogP) is 3.58. The maximum atomic E-state index is 12.7. The molecule has 1 aromatic rings. The lowest BCUT2D eigenvalue weighted by Crippen LogP contribution is -2.51. The molecule has 0 N–H and O–H groups in total. The van der Waals surface area contributed by atoms with Gasteiger partial charge in [0.25, 0.3) is 11.6 Å². The molecule has 0 unspecified atom stereocenters. The van der Waals surface area contributed by atoms with Crippen LogP contribution in [0.1, 0.15) is 50.4 Å². The number of nitro groups is 1. The van der Waals surface area contributed by atoms with Crippen molar-refractivity contribution >= 4 is 29.2 Å². The number of amides is 1. The van der Waals surface area contributed by atoms with Crippen molar-refractivity contribution in [3.05, 3.63) is 38.9 Å². The second-order valence-electron chi connectivity index (χ2n) is 6.34. The number of esters is 1. The van der Waals surface area contributed by atoms with Crippen molar-refractivity contribution in [3.63, 3.8) is 0 Å². The SMILES string of the molecule is C[C@@H](OC(=O)c1cc(Cl)ccc1[N+](=O)[O-])C(=O)N1[C@@H](C)CCC[C@@H]1C. The van der Waals surface area contributed by atoms with E-state index >= 15 is 0 Å². The number of hydrogen-bond acceptors (Lipinski definition) is 5. The minimum absolute atomic E-state index is 0.0675. The average molecular weight is 369 g/mol. The molecule has 1 fully saturated rings. The Kier molecular flexibility index (Phi) is 6.00. The van der Waals surface area contributed by atoms with Crippen molar-refractivity contribution in [2.24, 2.45) is 0 Å². The predicted molar refractivity (Wildman–Crippen MR) is 92.6 cm³/mol. The standard InChI is InChI=1S/C17H21ClN2O5/c1-10-5-4-6-11(2)19(10)16(21)12(3)25-17(22)14-9-13(18)7-8-15(14)20(23)24/h7-12H,4-6H2,1-3H3/t10-,11-,12+/m0/s1. The van der Waals surface area contributed by atoms with E-state index in [1.54, 1.807) is 4.90 Å². The Labute approximate surface area is 151 Å². The number of halogens is 1. The van der Waals surface area contributed by atoms with Crippen LogP contribution < -0.4 is 0 Å². The zero-order chi connectivity index (χ0) is 18.7. The Morgan fingerprint density at radius 1 is 1.32 bits per heavy atom. The van der Waals surface area contributed by atoms with E-state index in [1.165, 1.54) is 19.1 Å². The summed E-state index contributed by atoms with van der Waals surface area (Å²) in [5.74, 6) is -1.23. The van der Waals surface area contributed by atoms with Gasteiger partial charge in [0.2, 0.25) is 0 Å². The maximum absolute atomic E-state index is 12.7. The van der Waals surface area contributed by atoms with Crippen LogP contribution in [-0.2, 0) is 9.53 Å². The molecule has 2 rings (SSSR count). The summed E-state index contributed by atoms with van der Waals surface area (Å²) in [4.78, 5) is 37.1. The van der Waals surface area contributed by atoms with Gasteiger partial charge in [0.15, 0.2) is 6.10 Å². The van der Waals surface area contributed by atoms with Gasteiger partial charge in [-0.2, -0.15) is 0 Å². The van der Waals surface area contributed by atoms with Gasteiger partial charge in [-0.05, 0) is 52.2 Å². The van der Waals surface area contributed by atoms with Crippen molar-refractivity contribution in [1.82, 2.24) is 4.90 Å². The topological polar surface area (TPSA) is 89.7 Å². The number of hydrogen-bond donors (Lipinski definition) is 0. The molecule has 3 atom stereocenters. The first kappa shape index (κ1) is 19.2. The third-order valence-corrected chi connectivity index (χ3v) is 4.69. The summed E-state index contributed by atoms with van der Waals surface area (Å²) in [5, 5.41) is 11.2. The Hall–Kier alpha value is -2.15. The van der Waals surface area contributed by atoms with E-state index in [0.29, 0.717) is 0 Å². The summed E-state index contributed by atoms with van der Waals surface area (Å²) in [7, 11) is 0. The van der Waals surface area contributed by atoms with Gasteiger partial charge in [0.1, 0.15) is 5.56 Å². The Balaban J connectivity index is 2.16. The summed E-state index contributed by atoms with van der Waals surface area (Å²) in [6.45, 7) is 5.40. The van der Waals surface area contributed by atoms with Crippen LogP contribution in [0.15, 0.2) is 18.2 Å². The highest BCUT2D eigenvalue weighted by molar-refractivity contribution is 6.31. The van der Waals surface area contributed by atoms with Crippen LogP contribution in [-0.4, -0.2) is 39.9 Å². The minimum atomic E-state index is -1.03. The minimum Gasteiger partial charge on any atom is -0.449 e. The molecule has 0 bridgehead atoms. The fourth-order valence-electron chi connectivity index (χ4n) is 3.17. The van der Waals surface area contributed by atoms with E-state index in [0.717, 1.165) is 25.3 Å². The highest BCUT2D eigenvalue weighted by Gasteiger charge is 2.34. The molecule has 136 valence electrons. The first-order chi connectivity index (χ1) is 11.7. The van der Waals surface area contributed by atoms with Gasteiger partial charge in [0, 0.05) is 23.2 Å². The number of piperidine rings is 1. The molecule has 1 amide bonds. The van der Waals surface area contributed by atoms with Crippen LogP contribution in [0.25, 0.3) is 0 Å². The highest BCUT2D eigenvalue weighted by atomic mass is 35.5. The fourth-order valence-corrected chi connectivity index (χ4v) is 3.34. The van der Waals surface area contributed by atoms with E-state index in [9.17, 15) is 19.7 Å². The van der Waals surface area contributed by atoms with Crippen LogP contribution >= 0.6 is 11.6 Å². The lowest BCUT2D eigenvalue weighted by molar-refractivity contribution is -0.385. The van der Waals surface area contributed by atoms with Crippen LogP contribution in [0.5, 0.6) is 0 Å². The molecule has 0 radical (unpaired) electrons. The number of carbonyl (C=O) groups excluding carboxylic acids is 2. The van der Waals surface area contributed by atoms with Crippen LogP contribution in [0, 0.1) is 10.1 Å². The first-order valence-electron chi connectivity index (χ1n) is 8.19. The highest BCUT2D eigenvalue weighted by Crippen LogP contribution is 2.26. The third kappa shape index (κ3) is 4.28. The van der Waals surface area contributed by atoms with Gasteiger partial charge in [0.05, 0.1) is 4.92 Å². The van der Waals surface area contributed by atoms with Crippen LogP contribution in [0.4, 0.5) is 5.69 Å². The van der Waals surface area contributed by atoms with Crippen molar-refractivity contribution in [2.45, 2.75) is 58.2 Å². The quantitative estimate of drug-likeness (QED) is 0.460. The van der Waals surface area contributed by atoms with Crippen molar-refractivity contribution in [1.29, 1.82) is 0 Å². The molecule has 0 aromatic heterocycles. The number of benzene rings is 1. The second kappa shape index (κ2) is 7.82. The normalized spacial score (nSPS) is 21.5. The molecule has 1 aliphatic rings. The van der Waals surface area contributed by atoms with E-state index in [1.807, 2.05) is 13.8 Å². The van der Waals surface area contributed by atoms with Gasteiger partial charge in [-0.3, -0.25) is 14.9 Å². The smallest absolute Gasteiger partial charge is 0.345 e. The molecule has 1 aliphatic heterocycles. The largest absolute Gasteiger partial charge is 0.449 e. The number of likely N-dealkylation sites (tertiary alicyclic amines) is 1. The van der Waals surface area contributed by atoms with E-state index in [2.05, 4.69) is 0 Å². The number of ether oxygens (including phenoxy) is 1. The fraction of sp³-hybridized carbons (Fsp3) is 0.529. The van der Waals surface area contributed by atoms with Gasteiger partial charge in [-0.1, -0.05) is 11.6 Å². The molecule has 25 heavy (non-hydrogen) atoms. The molecular formula is C17H21ClN2O5. The summed E-state index contributed by atoms with van der Waals surface area (Å²) >= 11 is 5.82. The summed E-state index contributed by atoms with van der Waals surface area (Å²) in [6.07, 6.45) is 1.82. The Morgan fingerprint density at radius 3 is 2.48 bits per heavy atom.